The molecule has 1 unspecified atom stereocenters. The third-order valence-electron chi connectivity index (χ3n) is 6.04. The molecule has 0 radical (unpaired) electrons. The number of aliphatic hydroxyl groups is 2. The minimum absolute atomic E-state index is 0.156. The Labute approximate surface area is 109 Å². The van der Waals surface area contributed by atoms with Gasteiger partial charge in [0.25, 0.3) is 0 Å². The van der Waals surface area contributed by atoms with Gasteiger partial charge in [-0.15, -0.1) is 0 Å². The third-order valence-corrected chi connectivity index (χ3v) is 6.04. The number of fused-ring (bicyclic) bond motifs is 3. The molecular weight excluding hydrogens is 228 g/mol. The summed E-state index contributed by atoms with van der Waals surface area (Å²) < 4.78 is 5.95. The van der Waals surface area contributed by atoms with Gasteiger partial charge in [0, 0.05) is 5.41 Å². The number of ether oxygens (including phenoxy) is 1. The second-order valence-electron chi connectivity index (χ2n) is 6.77. The van der Waals surface area contributed by atoms with Gasteiger partial charge in [-0.1, -0.05) is 33.3 Å². The molecule has 1 saturated heterocycles. The fourth-order valence-electron chi connectivity index (χ4n) is 4.62. The summed E-state index contributed by atoms with van der Waals surface area (Å²) in [7, 11) is 0. The quantitative estimate of drug-likeness (QED) is 0.595. The molecule has 3 rings (SSSR count). The number of rotatable bonds is 3. The predicted molar refractivity (Wildman–Crippen MR) is 69.1 cm³/mol. The Balaban J connectivity index is 1.87. The fourth-order valence-corrected chi connectivity index (χ4v) is 4.62. The summed E-state index contributed by atoms with van der Waals surface area (Å²) in [6.07, 6.45) is 4.19. The van der Waals surface area contributed by atoms with Crippen LogP contribution in [0.1, 0.15) is 39.5 Å². The zero-order valence-electron chi connectivity index (χ0n) is 11.4. The van der Waals surface area contributed by atoms with Crippen LogP contribution in [0.15, 0.2) is 12.2 Å². The molecule has 3 fully saturated rings. The van der Waals surface area contributed by atoms with E-state index in [1.165, 1.54) is 19.3 Å². The first-order valence-electron chi connectivity index (χ1n) is 7.11. The smallest absolute Gasteiger partial charge is 0.125 e. The van der Waals surface area contributed by atoms with Crippen molar-refractivity contribution in [1.82, 2.24) is 0 Å². The Kier molecular flexibility index (Phi) is 2.68. The van der Waals surface area contributed by atoms with E-state index in [2.05, 4.69) is 20.4 Å². The molecule has 3 heteroatoms. The van der Waals surface area contributed by atoms with E-state index in [0.29, 0.717) is 17.4 Å². The number of hydrogen-bond acceptors (Lipinski definition) is 3. The summed E-state index contributed by atoms with van der Waals surface area (Å²) >= 11 is 0. The summed E-state index contributed by atoms with van der Waals surface area (Å²) in [5, 5.41) is 19.5. The largest absolute Gasteiger partial charge is 0.392 e. The van der Waals surface area contributed by atoms with Crippen molar-refractivity contribution in [2.75, 3.05) is 6.61 Å². The van der Waals surface area contributed by atoms with Crippen molar-refractivity contribution in [1.29, 1.82) is 0 Å². The molecule has 2 N–H and O–H groups in total. The van der Waals surface area contributed by atoms with E-state index in [-0.39, 0.29) is 18.1 Å². The molecule has 18 heavy (non-hydrogen) atoms. The Morgan fingerprint density at radius 3 is 2.83 bits per heavy atom. The molecule has 6 atom stereocenters. The minimum atomic E-state index is -0.706. The lowest BCUT2D eigenvalue weighted by Crippen LogP contribution is -2.39. The van der Waals surface area contributed by atoms with Crippen LogP contribution < -0.4 is 0 Å². The lowest BCUT2D eigenvalue weighted by molar-refractivity contribution is -0.00399. The zero-order chi connectivity index (χ0) is 13.1. The van der Waals surface area contributed by atoms with Gasteiger partial charge in [-0.25, -0.2) is 0 Å². The van der Waals surface area contributed by atoms with E-state index in [1.807, 2.05) is 0 Å². The van der Waals surface area contributed by atoms with E-state index in [4.69, 9.17) is 9.84 Å². The maximum absolute atomic E-state index is 10.4. The van der Waals surface area contributed by atoms with Gasteiger partial charge < -0.3 is 14.9 Å². The minimum Gasteiger partial charge on any atom is -0.392 e. The highest BCUT2D eigenvalue weighted by molar-refractivity contribution is 5.29. The van der Waals surface area contributed by atoms with Gasteiger partial charge in [0.1, 0.15) is 11.7 Å². The number of epoxide rings is 1. The highest BCUT2D eigenvalue weighted by atomic mass is 16.6. The van der Waals surface area contributed by atoms with Crippen molar-refractivity contribution < 1.29 is 14.9 Å². The molecule has 3 aliphatic rings. The molecular formula is C15H24O3. The van der Waals surface area contributed by atoms with E-state index < -0.39 is 11.7 Å². The first-order valence-corrected chi connectivity index (χ1v) is 7.11. The van der Waals surface area contributed by atoms with Crippen LogP contribution in [0.25, 0.3) is 0 Å². The third kappa shape index (κ3) is 1.36. The van der Waals surface area contributed by atoms with Gasteiger partial charge in [-0.05, 0) is 30.3 Å². The van der Waals surface area contributed by atoms with Gasteiger partial charge >= 0.3 is 0 Å². The van der Waals surface area contributed by atoms with E-state index in [0.717, 1.165) is 6.42 Å². The van der Waals surface area contributed by atoms with Crippen LogP contribution in [-0.2, 0) is 4.74 Å². The van der Waals surface area contributed by atoms with Gasteiger partial charge in [0.2, 0.25) is 0 Å². The average Bonchev–Trinajstić information content (AvgIpc) is 3.04. The Bertz CT molecular complexity index is 380. The molecule has 0 aromatic carbocycles. The molecule has 3 nitrogen and oxygen atoms in total. The maximum atomic E-state index is 10.4. The van der Waals surface area contributed by atoms with Crippen molar-refractivity contribution >= 4 is 0 Å². The van der Waals surface area contributed by atoms with Gasteiger partial charge in [0.05, 0.1) is 12.7 Å². The molecule has 102 valence electrons. The highest BCUT2D eigenvalue weighted by Crippen LogP contribution is 2.69. The second-order valence-corrected chi connectivity index (χ2v) is 6.77. The monoisotopic (exact) mass is 252 g/mol. The molecule has 0 bridgehead atoms. The van der Waals surface area contributed by atoms with E-state index in [9.17, 15) is 5.11 Å². The van der Waals surface area contributed by atoms with Crippen molar-refractivity contribution in [3.05, 3.63) is 12.2 Å². The normalized spacial score (nSPS) is 51.4. The summed E-state index contributed by atoms with van der Waals surface area (Å²) in [5.41, 5.74) is 0.264. The van der Waals surface area contributed by atoms with Crippen LogP contribution in [0.4, 0.5) is 0 Å². The first kappa shape index (κ1) is 12.6. The molecule has 0 spiro atoms. The Hall–Kier alpha value is -0.380. The van der Waals surface area contributed by atoms with Crippen LogP contribution in [0.5, 0.6) is 0 Å². The highest BCUT2D eigenvalue weighted by Gasteiger charge is 2.76. The van der Waals surface area contributed by atoms with Crippen LogP contribution in [0, 0.1) is 17.3 Å². The maximum Gasteiger partial charge on any atom is 0.125 e. The van der Waals surface area contributed by atoms with E-state index in [1.54, 1.807) is 0 Å². The molecule has 0 amide bonds. The summed E-state index contributed by atoms with van der Waals surface area (Å²) in [5.74, 6) is 1.31. The molecule has 0 aromatic heterocycles. The van der Waals surface area contributed by atoms with Crippen molar-refractivity contribution in [3.63, 3.8) is 0 Å². The van der Waals surface area contributed by atoms with Crippen molar-refractivity contribution in [2.24, 2.45) is 17.3 Å². The second kappa shape index (κ2) is 3.81. The summed E-state index contributed by atoms with van der Waals surface area (Å²) in [6, 6.07) is 0. The molecule has 2 aliphatic carbocycles. The number of aliphatic hydroxyl groups excluding tert-OH is 2. The van der Waals surface area contributed by atoms with Gasteiger partial charge in [-0.3, -0.25) is 0 Å². The first-order chi connectivity index (χ1) is 8.46. The standard InChI is InChI=1S/C15H24O3/c1-9(8-16)12(17)15-7-11-6-4-5-10(2)14(11,3)13(15)18-15/h10-13,16-17H,1,4-8H2,2-3H3/t10-,11+,12?,13-,14+,15-/m1/s1. The summed E-state index contributed by atoms with van der Waals surface area (Å²) in [6.45, 7) is 8.26. The van der Waals surface area contributed by atoms with Crippen LogP contribution >= 0.6 is 0 Å². The molecule has 2 saturated carbocycles. The van der Waals surface area contributed by atoms with Gasteiger partial charge in [-0.2, -0.15) is 0 Å². The molecule has 1 aliphatic heterocycles. The predicted octanol–water partition coefficient (Wildman–Crippen LogP) is 1.88. The summed E-state index contributed by atoms with van der Waals surface area (Å²) in [4.78, 5) is 0. The van der Waals surface area contributed by atoms with Crippen molar-refractivity contribution in [2.45, 2.75) is 57.3 Å². The zero-order valence-corrected chi connectivity index (χ0v) is 11.4. The number of hydrogen-bond donors (Lipinski definition) is 2. The molecule has 1 heterocycles. The molecule has 0 aromatic rings. The van der Waals surface area contributed by atoms with Crippen LogP contribution in [-0.4, -0.2) is 34.6 Å². The van der Waals surface area contributed by atoms with Crippen LogP contribution in [0.2, 0.25) is 0 Å². The lowest BCUT2D eigenvalue weighted by Gasteiger charge is -2.43. The van der Waals surface area contributed by atoms with Crippen molar-refractivity contribution in [3.8, 4) is 0 Å². The van der Waals surface area contributed by atoms with Crippen LogP contribution in [0.3, 0.4) is 0 Å². The fraction of sp³-hybridized carbons (Fsp3) is 0.867. The van der Waals surface area contributed by atoms with Gasteiger partial charge in [0.15, 0.2) is 0 Å². The average molecular weight is 252 g/mol. The Morgan fingerprint density at radius 2 is 2.22 bits per heavy atom. The topological polar surface area (TPSA) is 53.0 Å². The Morgan fingerprint density at radius 1 is 1.50 bits per heavy atom. The SMILES string of the molecule is C=C(CO)C(O)[C@]12C[C@@H]3CCC[C@@H](C)[C@]3(C)[C@H]1O2. The van der Waals surface area contributed by atoms with E-state index >= 15 is 0 Å². The lowest BCUT2D eigenvalue weighted by atomic mass is 9.63.